The lowest BCUT2D eigenvalue weighted by molar-refractivity contribution is 0.402. The van der Waals surface area contributed by atoms with Crippen molar-refractivity contribution in [1.29, 1.82) is 0 Å². The molecule has 2 rings (SSSR count). The zero-order valence-electron chi connectivity index (χ0n) is 10.5. The molecule has 1 aliphatic rings. The second-order valence-electron chi connectivity index (χ2n) is 4.75. The Bertz CT molecular complexity index is 496. The van der Waals surface area contributed by atoms with Gasteiger partial charge in [0.05, 0.1) is 5.75 Å². The predicted octanol–water partition coefficient (Wildman–Crippen LogP) is 1.13. The van der Waals surface area contributed by atoms with Crippen LogP contribution in [0.1, 0.15) is 18.4 Å². The van der Waals surface area contributed by atoms with Crippen LogP contribution >= 0.6 is 0 Å². The Morgan fingerprint density at radius 3 is 2.83 bits per heavy atom. The van der Waals surface area contributed by atoms with Crippen molar-refractivity contribution < 1.29 is 8.42 Å². The number of hydrogen-bond acceptors (Lipinski definition) is 4. The molecule has 0 aromatic carbocycles. The summed E-state index contributed by atoms with van der Waals surface area (Å²) >= 11 is 0. The van der Waals surface area contributed by atoms with Gasteiger partial charge < -0.3 is 5.32 Å². The molecule has 1 aromatic heterocycles. The molecule has 0 aliphatic carbocycles. The molecule has 1 aromatic rings. The smallest absolute Gasteiger partial charge is 0.234 e. The van der Waals surface area contributed by atoms with Crippen molar-refractivity contribution in [3.05, 3.63) is 23.9 Å². The molecule has 18 heavy (non-hydrogen) atoms. The first kappa shape index (κ1) is 13.3. The number of hydrogen-bond donors (Lipinski definition) is 2. The highest BCUT2D eigenvalue weighted by molar-refractivity contribution is 7.92. The van der Waals surface area contributed by atoms with Gasteiger partial charge in [0.1, 0.15) is 5.82 Å². The van der Waals surface area contributed by atoms with Crippen molar-refractivity contribution >= 4 is 15.8 Å². The zero-order chi connectivity index (χ0) is 13.0. The average Bonchev–Trinajstić information content (AvgIpc) is 2.32. The van der Waals surface area contributed by atoms with Crippen molar-refractivity contribution in [2.45, 2.75) is 19.8 Å². The third-order valence-electron chi connectivity index (χ3n) is 3.18. The third-order valence-corrected chi connectivity index (χ3v) is 4.59. The molecule has 0 saturated carbocycles. The molecule has 6 heteroatoms. The van der Waals surface area contributed by atoms with Crippen LogP contribution in [0.4, 0.5) is 5.82 Å². The molecule has 0 atom stereocenters. The van der Waals surface area contributed by atoms with Gasteiger partial charge in [-0.15, -0.1) is 0 Å². The summed E-state index contributed by atoms with van der Waals surface area (Å²) < 4.78 is 26.7. The van der Waals surface area contributed by atoms with E-state index in [2.05, 4.69) is 15.0 Å². The number of nitrogens with zero attached hydrogens (tertiary/aromatic N) is 1. The molecule has 0 spiro atoms. The number of aryl methyl sites for hydroxylation is 1. The van der Waals surface area contributed by atoms with Crippen LogP contribution in [0.3, 0.4) is 0 Å². The summed E-state index contributed by atoms with van der Waals surface area (Å²) in [5, 5.41) is 3.23. The van der Waals surface area contributed by atoms with Crippen LogP contribution < -0.4 is 10.0 Å². The van der Waals surface area contributed by atoms with Gasteiger partial charge in [-0.25, -0.2) is 13.4 Å². The van der Waals surface area contributed by atoms with E-state index in [0.717, 1.165) is 31.5 Å². The molecule has 0 amide bonds. The Labute approximate surface area is 108 Å². The maximum Gasteiger partial charge on any atom is 0.234 e. The third kappa shape index (κ3) is 3.68. The average molecular weight is 269 g/mol. The Balaban J connectivity index is 2.01. The number of rotatable bonds is 4. The van der Waals surface area contributed by atoms with Crippen LogP contribution in [0, 0.1) is 12.8 Å². The van der Waals surface area contributed by atoms with Gasteiger partial charge in [-0.05, 0) is 50.4 Å². The highest BCUT2D eigenvalue weighted by Crippen LogP contribution is 2.17. The summed E-state index contributed by atoms with van der Waals surface area (Å²) in [7, 11) is -3.30. The number of anilines is 1. The SMILES string of the molecule is Cc1cccnc1NS(=O)(=O)CC1CCNCC1. The number of nitrogens with one attached hydrogen (secondary N) is 2. The van der Waals surface area contributed by atoms with E-state index < -0.39 is 10.0 Å². The summed E-state index contributed by atoms with van der Waals surface area (Å²) in [6.45, 7) is 3.65. The lowest BCUT2D eigenvalue weighted by Crippen LogP contribution is -2.33. The van der Waals surface area contributed by atoms with E-state index >= 15 is 0 Å². The van der Waals surface area contributed by atoms with E-state index in [4.69, 9.17) is 0 Å². The summed E-state index contributed by atoms with van der Waals surface area (Å²) in [6.07, 6.45) is 3.43. The summed E-state index contributed by atoms with van der Waals surface area (Å²) in [4.78, 5) is 4.05. The van der Waals surface area contributed by atoms with Crippen molar-refractivity contribution in [3.8, 4) is 0 Å². The molecule has 0 radical (unpaired) electrons. The minimum absolute atomic E-state index is 0.185. The van der Waals surface area contributed by atoms with Gasteiger partial charge in [0.2, 0.25) is 10.0 Å². The van der Waals surface area contributed by atoms with Gasteiger partial charge in [0.25, 0.3) is 0 Å². The Kier molecular flexibility index (Phi) is 4.19. The highest BCUT2D eigenvalue weighted by atomic mass is 32.2. The first-order valence-electron chi connectivity index (χ1n) is 6.20. The van der Waals surface area contributed by atoms with E-state index in [1.165, 1.54) is 0 Å². The molecule has 2 heterocycles. The molecule has 0 unspecified atom stereocenters. The second-order valence-corrected chi connectivity index (χ2v) is 6.51. The second kappa shape index (κ2) is 5.67. The molecule has 100 valence electrons. The fourth-order valence-corrected chi connectivity index (χ4v) is 3.69. The molecule has 1 fully saturated rings. The van der Waals surface area contributed by atoms with Crippen molar-refractivity contribution in [2.24, 2.45) is 5.92 Å². The summed E-state index contributed by atoms with van der Waals surface area (Å²) in [6, 6.07) is 3.63. The van der Waals surface area contributed by atoms with Gasteiger partial charge in [-0.2, -0.15) is 0 Å². The van der Waals surface area contributed by atoms with Crippen LogP contribution in [0.2, 0.25) is 0 Å². The van der Waals surface area contributed by atoms with Crippen LogP contribution in [0.5, 0.6) is 0 Å². The number of pyridine rings is 1. The first-order valence-corrected chi connectivity index (χ1v) is 7.85. The highest BCUT2D eigenvalue weighted by Gasteiger charge is 2.21. The monoisotopic (exact) mass is 269 g/mol. The fourth-order valence-electron chi connectivity index (χ4n) is 2.14. The van der Waals surface area contributed by atoms with Gasteiger partial charge in [-0.1, -0.05) is 6.07 Å². The summed E-state index contributed by atoms with van der Waals surface area (Å²) in [5.41, 5.74) is 0.839. The first-order chi connectivity index (χ1) is 8.57. The number of piperidine rings is 1. The van der Waals surface area contributed by atoms with E-state index in [-0.39, 0.29) is 11.7 Å². The Hall–Kier alpha value is -1.14. The predicted molar refractivity (Wildman–Crippen MR) is 72.0 cm³/mol. The van der Waals surface area contributed by atoms with E-state index in [1.54, 1.807) is 12.3 Å². The maximum atomic E-state index is 12.0. The largest absolute Gasteiger partial charge is 0.317 e. The van der Waals surface area contributed by atoms with Crippen LogP contribution in [0.15, 0.2) is 18.3 Å². The number of aromatic nitrogens is 1. The molecule has 2 N–H and O–H groups in total. The van der Waals surface area contributed by atoms with E-state index in [9.17, 15) is 8.42 Å². The quantitative estimate of drug-likeness (QED) is 0.859. The molecule has 5 nitrogen and oxygen atoms in total. The van der Waals surface area contributed by atoms with E-state index in [0.29, 0.717) is 5.82 Å². The Morgan fingerprint density at radius 1 is 1.44 bits per heavy atom. The van der Waals surface area contributed by atoms with Gasteiger partial charge in [0.15, 0.2) is 0 Å². The van der Waals surface area contributed by atoms with Crippen LogP contribution in [0.25, 0.3) is 0 Å². The minimum Gasteiger partial charge on any atom is -0.317 e. The van der Waals surface area contributed by atoms with Gasteiger partial charge in [-0.3, -0.25) is 4.72 Å². The normalized spacial score (nSPS) is 17.6. The van der Waals surface area contributed by atoms with Crippen molar-refractivity contribution in [1.82, 2.24) is 10.3 Å². The van der Waals surface area contributed by atoms with Crippen LogP contribution in [-0.2, 0) is 10.0 Å². The van der Waals surface area contributed by atoms with Crippen molar-refractivity contribution in [3.63, 3.8) is 0 Å². The molecule has 0 bridgehead atoms. The molecule has 1 saturated heterocycles. The molecular formula is C12H19N3O2S. The van der Waals surface area contributed by atoms with Gasteiger partial charge in [0, 0.05) is 6.20 Å². The summed E-state index contributed by atoms with van der Waals surface area (Å²) in [5.74, 6) is 0.865. The standard InChI is InChI=1S/C12H19N3O2S/c1-10-3-2-6-14-12(10)15-18(16,17)9-11-4-7-13-8-5-11/h2-3,6,11,13H,4-5,7-9H2,1H3,(H,14,15). The topological polar surface area (TPSA) is 71.1 Å². The lowest BCUT2D eigenvalue weighted by Gasteiger charge is -2.22. The van der Waals surface area contributed by atoms with Crippen molar-refractivity contribution in [2.75, 3.05) is 23.6 Å². The molecule has 1 aliphatic heterocycles. The maximum absolute atomic E-state index is 12.0. The van der Waals surface area contributed by atoms with Crippen LogP contribution in [-0.4, -0.2) is 32.2 Å². The zero-order valence-corrected chi connectivity index (χ0v) is 11.3. The van der Waals surface area contributed by atoms with E-state index in [1.807, 2.05) is 13.0 Å². The minimum atomic E-state index is -3.30. The van der Waals surface area contributed by atoms with Gasteiger partial charge >= 0.3 is 0 Å². The number of sulfonamides is 1. The fraction of sp³-hybridized carbons (Fsp3) is 0.583. The molecular weight excluding hydrogens is 250 g/mol. The lowest BCUT2D eigenvalue weighted by atomic mass is 10.0. The Morgan fingerprint density at radius 2 is 2.17 bits per heavy atom.